The monoisotopic (exact) mass is 282 g/mol. The second-order valence-corrected chi connectivity index (χ2v) is 5.94. The summed E-state index contributed by atoms with van der Waals surface area (Å²) in [4.78, 5) is 6.19. The van der Waals surface area contributed by atoms with Gasteiger partial charge in [0.1, 0.15) is 0 Å². The van der Waals surface area contributed by atoms with Gasteiger partial charge in [0.25, 0.3) is 0 Å². The van der Waals surface area contributed by atoms with Crippen LogP contribution in [0.3, 0.4) is 0 Å². The standard InChI is InChI=1S/C13H22N4OS/c1-11(13(14)15-18)17-8-6-16(7-9-17)5-4-12-3-2-10-19-12/h2-3,10-11,18H,4-9H2,1H3,(H2,14,15). The van der Waals surface area contributed by atoms with Crippen LogP contribution in [0.2, 0.25) is 0 Å². The molecule has 5 nitrogen and oxygen atoms in total. The fourth-order valence-electron chi connectivity index (χ4n) is 2.37. The molecule has 0 saturated carbocycles. The van der Waals surface area contributed by atoms with Crippen LogP contribution in [-0.4, -0.2) is 59.6 Å². The van der Waals surface area contributed by atoms with Crippen molar-refractivity contribution in [3.63, 3.8) is 0 Å². The molecule has 0 spiro atoms. The number of oxime groups is 1. The van der Waals surface area contributed by atoms with Gasteiger partial charge in [-0.3, -0.25) is 4.90 Å². The van der Waals surface area contributed by atoms with E-state index in [-0.39, 0.29) is 6.04 Å². The number of piperazine rings is 1. The molecule has 1 aliphatic heterocycles. The van der Waals surface area contributed by atoms with E-state index >= 15 is 0 Å². The van der Waals surface area contributed by atoms with E-state index in [0.717, 1.165) is 39.1 Å². The SMILES string of the molecule is CC(C(N)=NO)N1CCN(CCc2cccs2)CC1. The van der Waals surface area contributed by atoms with Crippen molar-refractivity contribution in [1.29, 1.82) is 0 Å². The van der Waals surface area contributed by atoms with Crippen molar-refractivity contribution in [3.8, 4) is 0 Å². The molecule has 0 bridgehead atoms. The van der Waals surface area contributed by atoms with Crippen molar-refractivity contribution < 1.29 is 5.21 Å². The van der Waals surface area contributed by atoms with Crippen LogP contribution in [0.5, 0.6) is 0 Å². The predicted molar refractivity (Wildman–Crippen MR) is 78.9 cm³/mol. The molecule has 19 heavy (non-hydrogen) atoms. The van der Waals surface area contributed by atoms with Gasteiger partial charge in [0.05, 0.1) is 6.04 Å². The van der Waals surface area contributed by atoms with Crippen LogP contribution in [-0.2, 0) is 6.42 Å². The zero-order chi connectivity index (χ0) is 13.7. The summed E-state index contributed by atoms with van der Waals surface area (Å²) >= 11 is 1.83. The Morgan fingerprint density at radius 1 is 1.47 bits per heavy atom. The number of amidine groups is 1. The van der Waals surface area contributed by atoms with Gasteiger partial charge in [-0.15, -0.1) is 11.3 Å². The van der Waals surface area contributed by atoms with Gasteiger partial charge in [-0.25, -0.2) is 0 Å². The van der Waals surface area contributed by atoms with E-state index in [1.807, 2.05) is 18.3 Å². The normalized spacial score (nSPS) is 20.6. The molecule has 1 fully saturated rings. The molecule has 2 heterocycles. The molecule has 1 aliphatic rings. The molecule has 0 radical (unpaired) electrons. The van der Waals surface area contributed by atoms with Crippen molar-refractivity contribution in [3.05, 3.63) is 22.4 Å². The highest BCUT2D eigenvalue weighted by atomic mass is 32.1. The number of nitrogens with zero attached hydrogens (tertiary/aromatic N) is 3. The summed E-state index contributed by atoms with van der Waals surface area (Å²) in [6.07, 6.45) is 1.13. The van der Waals surface area contributed by atoms with Gasteiger partial charge in [0, 0.05) is 37.6 Å². The fraction of sp³-hybridized carbons (Fsp3) is 0.615. The molecule has 1 aromatic rings. The van der Waals surface area contributed by atoms with Gasteiger partial charge in [0.2, 0.25) is 0 Å². The molecule has 0 amide bonds. The average Bonchev–Trinajstić information content (AvgIpc) is 2.97. The average molecular weight is 282 g/mol. The van der Waals surface area contributed by atoms with Gasteiger partial charge in [-0.2, -0.15) is 0 Å². The molecule has 0 aliphatic carbocycles. The minimum Gasteiger partial charge on any atom is -0.409 e. The molecule has 1 saturated heterocycles. The van der Waals surface area contributed by atoms with Crippen LogP contribution in [0.4, 0.5) is 0 Å². The third-order valence-corrected chi connectivity index (χ3v) is 4.69. The van der Waals surface area contributed by atoms with E-state index in [4.69, 9.17) is 10.9 Å². The zero-order valence-electron chi connectivity index (χ0n) is 11.3. The Bertz CT molecular complexity index is 399. The molecule has 1 atom stereocenters. The van der Waals surface area contributed by atoms with E-state index in [0.29, 0.717) is 5.84 Å². The van der Waals surface area contributed by atoms with Crippen molar-refractivity contribution in [2.45, 2.75) is 19.4 Å². The number of thiophene rings is 1. The van der Waals surface area contributed by atoms with Crippen molar-refractivity contribution in [2.24, 2.45) is 10.9 Å². The molecule has 3 N–H and O–H groups in total. The summed E-state index contributed by atoms with van der Waals surface area (Å²) in [5.74, 6) is 0.298. The largest absolute Gasteiger partial charge is 0.409 e. The molecule has 1 aromatic heterocycles. The van der Waals surface area contributed by atoms with Crippen molar-refractivity contribution in [2.75, 3.05) is 32.7 Å². The van der Waals surface area contributed by atoms with E-state index < -0.39 is 0 Å². The second kappa shape index (κ2) is 6.88. The summed E-state index contributed by atoms with van der Waals surface area (Å²) in [6.45, 7) is 7.15. The highest BCUT2D eigenvalue weighted by Crippen LogP contribution is 2.11. The lowest BCUT2D eigenvalue weighted by atomic mass is 10.2. The van der Waals surface area contributed by atoms with E-state index in [1.165, 1.54) is 4.88 Å². The minimum absolute atomic E-state index is 0.0180. The van der Waals surface area contributed by atoms with Crippen LogP contribution in [0.15, 0.2) is 22.7 Å². The van der Waals surface area contributed by atoms with Crippen molar-refractivity contribution in [1.82, 2.24) is 9.80 Å². The van der Waals surface area contributed by atoms with Crippen LogP contribution in [0.25, 0.3) is 0 Å². The van der Waals surface area contributed by atoms with E-state index in [1.54, 1.807) is 0 Å². The minimum atomic E-state index is 0.0180. The highest BCUT2D eigenvalue weighted by Gasteiger charge is 2.23. The third-order valence-electron chi connectivity index (χ3n) is 3.75. The molecule has 1 unspecified atom stereocenters. The molecular weight excluding hydrogens is 260 g/mol. The third kappa shape index (κ3) is 3.92. The fourth-order valence-corrected chi connectivity index (χ4v) is 3.07. The lowest BCUT2D eigenvalue weighted by Crippen LogP contribution is -2.53. The Balaban J connectivity index is 1.73. The first-order valence-electron chi connectivity index (χ1n) is 6.67. The first-order chi connectivity index (χ1) is 9.20. The maximum absolute atomic E-state index is 8.70. The van der Waals surface area contributed by atoms with Crippen molar-refractivity contribution >= 4 is 17.2 Å². The van der Waals surface area contributed by atoms with Gasteiger partial charge in [0.15, 0.2) is 5.84 Å². The second-order valence-electron chi connectivity index (χ2n) is 4.91. The van der Waals surface area contributed by atoms with Gasteiger partial charge < -0.3 is 15.8 Å². The number of nitrogens with two attached hydrogens (primary N) is 1. The van der Waals surface area contributed by atoms with E-state index in [2.05, 4.69) is 32.5 Å². The highest BCUT2D eigenvalue weighted by molar-refractivity contribution is 7.09. The van der Waals surface area contributed by atoms with Crippen LogP contribution in [0, 0.1) is 0 Å². The smallest absolute Gasteiger partial charge is 0.156 e. The molecule has 106 valence electrons. The quantitative estimate of drug-likeness (QED) is 0.367. The summed E-state index contributed by atoms with van der Waals surface area (Å²) in [5, 5.41) is 13.9. The first kappa shape index (κ1) is 14.3. The summed E-state index contributed by atoms with van der Waals surface area (Å²) in [7, 11) is 0. The Hall–Kier alpha value is -1.11. The Morgan fingerprint density at radius 2 is 2.21 bits per heavy atom. The van der Waals surface area contributed by atoms with Crippen LogP contribution < -0.4 is 5.73 Å². The topological polar surface area (TPSA) is 65.1 Å². The predicted octanol–water partition coefficient (Wildman–Crippen LogP) is 1.04. The first-order valence-corrected chi connectivity index (χ1v) is 7.55. The molecule has 2 rings (SSSR count). The lowest BCUT2D eigenvalue weighted by molar-refractivity contribution is 0.122. The Kier molecular flexibility index (Phi) is 5.18. The number of rotatable bonds is 5. The summed E-state index contributed by atoms with van der Waals surface area (Å²) in [5.41, 5.74) is 5.65. The zero-order valence-corrected chi connectivity index (χ0v) is 12.1. The molecular formula is C13H22N4OS. The molecule has 6 heteroatoms. The van der Waals surface area contributed by atoms with Crippen LogP contribution >= 0.6 is 11.3 Å². The maximum Gasteiger partial charge on any atom is 0.156 e. The van der Waals surface area contributed by atoms with Gasteiger partial charge in [-0.05, 0) is 24.8 Å². The lowest BCUT2D eigenvalue weighted by Gasteiger charge is -2.37. The Labute approximate surface area is 118 Å². The van der Waals surface area contributed by atoms with E-state index in [9.17, 15) is 0 Å². The Morgan fingerprint density at radius 3 is 2.79 bits per heavy atom. The van der Waals surface area contributed by atoms with Gasteiger partial charge in [-0.1, -0.05) is 11.2 Å². The molecule has 0 aromatic carbocycles. The maximum atomic E-state index is 8.70. The van der Waals surface area contributed by atoms with Gasteiger partial charge >= 0.3 is 0 Å². The number of hydrogen-bond acceptors (Lipinski definition) is 5. The van der Waals surface area contributed by atoms with Crippen LogP contribution in [0.1, 0.15) is 11.8 Å². The summed E-state index contributed by atoms with van der Waals surface area (Å²) < 4.78 is 0. The number of hydrogen-bond donors (Lipinski definition) is 2. The summed E-state index contributed by atoms with van der Waals surface area (Å²) in [6, 6.07) is 4.32.